The van der Waals surface area contributed by atoms with Crippen molar-refractivity contribution in [3.05, 3.63) is 0 Å². The summed E-state index contributed by atoms with van der Waals surface area (Å²) in [5.41, 5.74) is 0. The Hall–Kier alpha value is -0.0400. The van der Waals surface area contributed by atoms with Gasteiger partial charge < -0.3 is 4.74 Å². The molecule has 9 heavy (non-hydrogen) atoms. The molecule has 0 radical (unpaired) electrons. The van der Waals surface area contributed by atoms with Gasteiger partial charge in [0.2, 0.25) is 0 Å². The molecule has 0 aliphatic carbocycles. The highest BCUT2D eigenvalue weighted by Crippen LogP contribution is 2.18. The van der Waals surface area contributed by atoms with Crippen LogP contribution in [-0.4, -0.2) is 12.7 Å². The highest BCUT2D eigenvalue weighted by molar-refractivity contribution is 4.65. The molecule has 0 amide bonds. The third-order valence-electron chi connectivity index (χ3n) is 1.76. The molecule has 0 aromatic rings. The van der Waals surface area contributed by atoms with Gasteiger partial charge in [-0.15, -0.1) is 0 Å². The summed E-state index contributed by atoms with van der Waals surface area (Å²) >= 11 is 0. The van der Waals surface area contributed by atoms with E-state index in [1.807, 2.05) is 0 Å². The van der Waals surface area contributed by atoms with Gasteiger partial charge >= 0.3 is 0 Å². The maximum Gasteiger partial charge on any atom is 0.0578 e. The van der Waals surface area contributed by atoms with Crippen LogP contribution in [0.15, 0.2) is 0 Å². The lowest BCUT2D eigenvalue weighted by Gasteiger charge is -2.10. The van der Waals surface area contributed by atoms with Gasteiger partial charge in [-0.05, 0) is 25.2 Å². The molecule has 1 aliphatic rings. The fourth-order valence-electron chi connectivity index (χ4n) is 1.36. The molecule has 1 rings (SSSR count). The van der Waals surface area contributed by atoms with Gasteiger partial charge in [0.1, 0.15) is 0 Å². The smallest absolute Gasteiger partial charge is 0.0578 e. The van der Waals surface area contributed by atoms with Crippen LogP contribution in [0.1, 0.15) is 33.1 Å². The van der Waals surface area contributed by atoms with Crippen LogP contribution in [0.3, 0.4) is 0 Å². The van der Waals surface area contributed by atoms with Crippen molar-refractivity contribution >= 4 is 0 Å². The molecule has 0 N–H and O–H groups in total. The lowest BCUT2D eigenvalue weighted by molar-refractivity contribution is 0.0939. The Morgan fingerprint density at radius 1 is 1.56 bits per heavy atom. The average molecular weight is 128 g/mol. The van der Waals surface area contributed by atoms with Crippen LogP contribution in [0, 0.1) is 5.92 Å². The molecule has 1 atom stereocenters. The van der Waals surface area contributed by atoms with Crippen molar-refractivity contribution in [3.8, 4) is 0 Å². The zero-order valence-electron chi connectivity index (χ0n) is 6.39. The molecular formula is C8H16O. The summed E-state index contributed by atoms with van der Waals surface area (Å²) in [5.74, 6) is 0.799. The number of rotatable bonds is 2. The van der Waals surface area contributed by atoms with Crippen molar-refractivity contribution in [1.82, 2.24) is 0 Å². The molecule has 1 heteroatoms. The van der Waals surface area contributed by atoms with Gasteiger partial charge in [-0.25, -0.2) is 0 Å². The second kappa shape index (κ2) is 3.21. The van der Waals surface area contributed by atoms with E-state index in [1.165, 1.54) is 19.3 Å². The number of hydrogen-bond donors (Lipinski definition) is 0. The predicted molar refractivity (Wildman–Crippen MR) is 38.4 cm³/mol. The molecule has 1 heterocycles. The van der Waals surface area contributed by atoms with Crippen LogP contribution in [0.5, 0.6) is 0 Å². The van der Waals surface area contributed by atoms with E-state index in [0.29, 0.717) is 6.10 Å². The molecule has 0 spiro atoms. The molecule has 1 unspecified atom stereocenters. The van der Waals surface area contributed by atoms with Crippen LogP contribution in [0.25, 0.3) is 0 Å². The van der Waals surface area contributed by atoms with Crippen LogP contribution in [-0.2, 0) is 4.74 Å². The quantitative estimate of drug-likeness (QED) is 0.554. The highest BCUT2D eigenvalue weighted by Gasteiger charge is 2.15. The Morgan fingerprint density at radius 3 is 2.78 bits per heavy atom. The monoisotopic (exact) mass is 128 g/mol. The third kappa shape index (κ3) is 2.35. The highest BCUT2D eigenvalue weighted by atomic mass is 16.5. The van der Waals surface area contributed by atoms with Crippen molar-refractivity contribution in [2.75, 3.05) is 6.61 Å². The summed E-state index contributed by atoms with van der Waals surface area (Å²) in [5, 5.41) is 0. The molecule has 0 saturated carbocycles. The van der Waals surface area contributed by atoms with Crippen LogP contribution < -0.4 is 0 Å². The molecule has 1 fully saturated rings. The Balaban J connectivity index is 2.11. The third-order valence-corrected chi connectivity index (χ3v) is 1.76. The lowest BCUT2D eigenvalue weighted by Crippen LogP contribution is -2.07. The second-order valence-corrected chi connectivity index (χ2v) is 3.26. The van der Waals surface area contributed by atoms with E-state index < -0.39 is 0 Å². The van der Waals surface area contributed by atoms with Crippen molar-refractivity contribution in [1.29, 1.82) is 0 Å². The minimum Gasteiger partial charge on any atom is -0.378 e. The average Bonchev–Trinajstić information content (AvgIpc) is 2.15. The summed E-state index contributed by atoms with van der Waals surface area (Å²) in [6.45, 7) is 5.50. The van der Waals surface area contributed by atoms with Crippen LogP contribution >= 0.6 is 0 Å². The maximum absolute atomic E-state index is 5.46. The SMILES string of the molecule is CC(C)CC1CCCO1. The van der Waals surface area contributed by atoms with Crippen molar-refractivity contribution < 1.29 is 4.74 Å². The van der Waals surface area contributed by atoms with E-state index in [4.69, 9.17) is 4.74 Å². The normalized spacial score (nSPS) is 27.7. The van der Waals surface area contributed by atoms with Crippen molar-refractivity contribution in [3.63, 3.8) is 0 Å². The summed E-state index contributed by atoms with van der Waals surface area (Å²) in [6, 6.07) is 0. The minimum atomic E-state index is 0.588. The molecule has 1 nitrogen and oxygen atoms in total. The Bertz CT molecular complexity index is 72.6. The number of ether oxygens (including phenoxy) is 1. The minimum absolute atomic E-state index is 0.588. The lowest BCUT2D eigenvalue weighted by atomic mass is 10.0. The molecule has 0 bridgehead atoms. The summed E-state index contributed by atoms with van der Waals surface area (Å²) in [4.78, 5) is 0. The summed E-state index contributed by atoms with van der Waals surface area (Å²) < 4.78 is 5.46. The molecular weight excluding hydrogens is 112 g/mol. The largest absolute Gasteiger partial charge is 0.378 e. The summed E-state index contributed by atoms with van der Waals surface area (Å²) in [7, 11) is 0. The van der Waals surface area contributed by atoms with Gasteiger partial charge in [0.25, 0.3) is 0 Å². The van der Waals surface area contributed by atoms with E-state index in [9.17, 15) is 0 Å². The van der Waals surface area contributed by atoms with E-state index >= 15 is 0 Å². The van der Waals surface area contributed by atoms with Crippen molar-refractivity contribution in [2.24, 2.45) is 5.92 Å². The molecule has 0 aromatic heterocycles. The maximum atomic E-state index is 5.46. The van der Waals surface area contributed by atoms with Crippen LogP contribution in [0.2, 0.25) is 0 Å². The summed E-state index contributed by atoms with van der Waals surface area (Å²) in [6.07, 6.45) is 4.40. The van der Waals surface area contributed by atoms with E-state index in [2.05, 4.69) is 13.8 Å². The fourth-order valence-corrected chi connectivity index (χ4v) is 1.36. The fraction of sp³-hybridized carbons (Fsp3) is 1.00. The molecule has 0 aromatic carbocycles. The number of hydrogen-bond acceptors (Lipinski definition) is 1. The first-order valence-corrected chi connectivity index (χ1v) is 3.90. The first kappa shape index (κ1) is 7.07. The van der Waals surface area contributed by atoms with Crippen molar-refractivity contribution in [2.45, 2.75) is 39.2 Å². The Labute approximate surface area is 57.4 Å². The van der Waals surface area contributed by atoms with E-state index in [-0.39, 0.29) is 0 Å². The van der Waals surface area contributed by atoms with Gasteiger partial charge in [0, 0.05) is 6.61 Å². The van der Waals surface area contributed by atoms with Gasteiger partial charge in [-0.3, -0.25) is 0 Å². The Morgan fingerprint density at radius 2 is 2.33 bits per heavy atom. The first-order valence-electron chi connectivity index (χ1n) is 3.90. The predicted octanol–water partition coefficient (Wildman–Crippen LogP) is 2.21. The Kier molecular flexibility index (Phi) is 2.52. The van der Waals surface area contributed by atoms with Gasteiger partial charge in [-0.1, -0.05) is 13.8 Å². The first-order chi connectivity index (χ1) is 4.29. The topological polar surface area (TPSA) is 9.23 Å². The second-order valence-electron chi connectivity index (χ2n) is 3.26. The van der Waals surface area contributed by atoms with E-state index in [0.717, 1.165) is 12.5 Å². The molecule has 1 aliphatic heterocycles. The zero-order chi connectivity index (χ0) is 6.69. The molecule has 54 valence electrons. The van der Waals surface area contributed by atoms with Gasteiger partial charge in [0.15, 0.2) is 0 Å². The van der Waals surface area contributed by atoms with Gasteiger partial charge in [-0.2, -0.15) is 0 Å². The van der Waals surface area contributed by atoms with Crippen LogP contribution in [0.4, 0.5) is 0 Å². The van der Waals surface area contributed by atoms with Gasteiger partial charge in [0.05, 0.1) is 6.10 Å². The van der Waals surface area contributed by atoms with E-state index in [1.54, 1.807) is 0 Å². The zero-order valence-corrected chi connectivity index (χ0v) is 6.39. The standard InChI is InChI=1S/C8H16O/c1-7(2)6-8-4-3-5-9-8/h7-8H,3-6H2,1-2H3. The molecule has 1 saturated heterocycles.